The third-order valence-corrected chi connectivity index (χ3v) is 5.22. The molecule has 1 fully saturated rings. The largest absolute Gasteiger partial charge is 0.480 e. The molecule has 1 amide bonds. The summed E-state index contributed by atoms with van der Waals surface area (Å²) in [6.07, 6.45) is 6.09. The number of halogens is 1. The molecule has 0 bridgehead atoms. The van der Waals surface area contributed by atoms with E-state index < -0.39 is 17.4 Å². The Bertz CT molecular complexity index is 800. The fourth-order valence-electron chi connectivity index (χ4n) is 3.40. The number of nitrogens with one attached hydrogen (secondary N) is 1. The molecule has 0 aliphatic heterocycles. The molecule has 0 saturated heterocycles. The summed E-state index contributed by atoms with van der Waals surface area (Å²) in [6, 6.07) is 10.6. The number of hydrogen-bond donors (Lipinski definition) is 2. The van der Waals surface area contributed by atoms with E-state index in [0.29, 0.717) is 12.8 Å². The van der Waals surface area contributed by atoms with Crippen LogP contribution in [0.1, 0.15) is 48.9 Å². The molecule has 0 spiro atoms. The number of carboxylic acid groups (broad SMARTS) is 1. The van der Waals surface area contributed by atoms with Gasteiger partial charge in [0.25, 0.3) is 5.91 Å². The van der Waals surface area contributed by atoms with E-state index in [1.54, 1.807) is 24.4 Å². The second kappa shape index (κ2) is 7.87. The van der Waals surface area contributed by atoms with E-state index in [2.05, 4.69) is 10.3 Å². The van der Waals surface area contributed by atoms with Gasteiger partial charge >= 0.3 is 5.97 Å². The highest BCUT2D eigenvalue weighted by atomic mass is 35.5. The van der Waals surface area contributed by atoms with Gasteiger partial charge in [-0.15, -0.1) is 0 Å². The summed E-state index contributed by atoms with van der Waals surface area (Å²) in [4.78, 5) is 29.1. The molecule has 1 saturated carbocycles. The van der Waals surface area contributed by atoms with Gasteiger partial charge in [-0.2, -0.15) is 0 Å². The van der Waals surface area contributed by atoms with Gasteiger partial charge in [-0.1, -0.05) is 49.4 Å². The Morgan fingerprint density at radius 1 is 1.08 bits per heavy atom. The molecule has 1 aromatic heterocycles. The number of benzene rings is 1. The van der Waals surface area contributed by atoms with Gasteiger partial charge < -0.3 is 10.4 Å². The molecular weight excluding hydrogens is 352 g/mol. The van der Waals surface area contributed by atoms with Crippen LogP contribution in [0.25, 0.3) is 11.3 Å². The molecule has 1 heterocycles. The zero-order valence-electron chi connectivity index (χ0n) is 14.4. The maximum absolute atomic E-state index is 12.9. The zero-order valence-corrected chi connectivity index (χ0v) is 15.1. The van der Waals surface area contributed by atoms with Crippen molar-refractivity contribution in [2.45, 2.75) is 44.1 Å². The fourth-order valence-corrected chi connectivity index (χ4v) is 3.60. The molecular formula is C20H21ClN2O3. The fraction of sp³-hybridized carbons (Fsp3) is 0.350. The van der Waals surface area contributed by atoms with Crippen molar-refractivity contribution in [3.8, 4) is 11.3 Å². The number of pyridine rings is 1. The molecule has 0 radical (unpaired) electrons. The van der Waals surface area contributed by atoms with Crippen LogP contribution in [-0.2, 0) is 4.79 Å². The molecule has 3 rings (SSSR count). The van der Waals surface area contributed by atoms with E-state index in [9.17, 15) is 14.7 Å². The van der Waals surface area contributed by atoms with Crippen LogP contribution in [0, 0.1) is 0 Å². The van der Waals surface area contributed by atoms with Gasteiger partial charge in [0.1, 0.15) is 5.54 Å². The van der Waals surface area contributed by atoms with E-state index in [4.69, 9.17) is 11.6 Å². The van der Waals surface area contributed by atoms with Crippen molar-refractivity contribution >= 4 is 23.5 Å². The molecule has 26 heavy (non-hydrogen) atoms. The van der Waals surface area contributed by atoms with Gasteiger partial charge in [0.15, 0.2) is 0 Å². The van der Waals surface area contributed by atoms with Crippen molar-refractivity contribution < 1.29 is 14.7 Å². The number of aliphatic carboxylic acids is 1. The first-order valence-corrected chi connectivity index (χ1v) is 9.16. The number of rotatable bonds is 4. The van der Waals surface area contributed by atoms with Gasteiger partial charge in [0.2, 0.25) is 0 Å². The average Bonchev–Trinajstić information content (AvgIpc) is 2.89. The van der Waals surface area contributed by atoms with Crippen LogP contribution in [0.15, 0.2) is 42.6 Å². The Labute approximate surface area is 157 Å². The number of nitrogens with zero attached hydrogens (tertiary/aromatic N) is 1. The Morgan fingerprint density at radius 3 is 2.42 bits per heavy atom. The number of carboxylic acids is 1. The quantitative estimate of drug-likeness (QED) is 0.784. The number of aromatic nitrogens is 1. The monoisotopic (exact) mass is 372 g/mol. The average molecular weight is 373 g/mol. The first kappa shape index (κ1) is 18.4. The maximum Gasteiger partial charge on any atom is 0.329 e. The van der Waals surface area contributed by atoms with E-state index in [1.165, 1.54) is 0 Å². The molecule has 136 valence electrons. The van der Waals surface area contributed by atoms with Crippen molar-refractivity contribution in [2.24, 2.45) is 0 Å². The van der Waals surface area contributed by atoms with E-state index in [0.717, 1.165) is 36.9 Å². The lowest BCUT2D eigenvalue weighted by atomic mass is 9.89. The van der Waals surface area contributed by atoms with Crippen molar-refractivity contribution in [3.05, 3.63) is 53.2 Å². The number of carbonyl (C=O) groups is 2. The second-order valence-corrected chi connectivity index (χ2v) is 7.07. The first-order valence-electron chi connectivity index (χ1n) is 8.79. The molecule has 5 nitrogen and oxygen atoms in total. The summed E-state index contributed by atoms with van der Waals surface area (Å²) in [5.41, 5.74) is 0.517. The highest BCUT2D eigenvalue weighted by Gasteiger charge is 2.40. The number of carbonyl (C=O) groups excluding carboxylic acids is 1. The van der Waals surface area contributed by atoms with Gasteiger partial charge in [-0.05, 0) is 37.1 Å². The van der Waals surface area contributed by atoms with Crippen molar-refractivity contribution in [2.75, 3.05) is 0 Å². The third-order valence-electron chi connectivity index (χ3n) is 4.89. The standard InChI is InChI=1S/C20H21ClN2O3/c21-16-9-8-14(17-7-3-6-12-22-17)13-15(16)18(24)23-20(19(25)26)10-4-1-2-5-11-20/h3,6-9,12-13H,1-2,4-5,10-11H2,(H,23,24)(H,25,26). The summed E-state index contributed by atoms with van der Waals surface area (Å²) in [7, 11) is 0. The van der Waals surface area contributed by atoms with Gasteiger partial charge in [0.05, 0.1) is 16.3 Å². The first-order chi connectivity index (χ1) is 12.5. The highest BCUT2D eigenvalue weighted by Crippen LogP contribution is 2.29. The summed E-state index contributed by atoms with van der Waals surface area (Å²) in [5.74, 6) is -1.44. The van der Waals surface area contributed by atoms with Crippen LogP contribution in [0.5, 0.6) is 0 Å². The topological polar surface area (TPSA) is 79.3 Å². The highest BCUT2D eigenvalue weighted by molar-refractivity contribution is 6.34. The smallest absolute Gasteiger partial charge is 0.329 e. The second-order valence-electron chi connectivity index (χ2n) is 6.67. The zero-order chi connectivity index (χ0) is 18.6. The number of amides is 1. The molecule has 6 heteroatoms. The minimum Gasteiger partial charge on any atom is -0.480 e. The van der Waals surface area contributed by atoms with Crippen molar-refractivity contribution in [1.29, 1.82) is 0 Å². The molecule has 0 unspecified atom stereocenters. The predicted molar refractivity (Wildman–Crippen MR) is 100 cm³/mol. The lowest BCUT2D eigenvalue weighted by molar-refractivity contribution is -0.145. The Balaban J connectivity index is 1.90. The van der Waals surface area contributed by atoms with Gasteiger partial charge in [0, 0.05) is 11.8 Å². The summed E-state index contributed by atoms with van der Waals surface area (Å²) in [5, 5.41) is 12.8. The van der Waals surface area contributed by atoms with E-state index in [-0.39, 0.29) is 10.6 Å². The van der Waals surface area contributed by atoms with Crippen LogP contribution in [-0.4, -0.2) is 27.5 Å². The molecule has 2 N–H and O–H groups in total. The third kappa shape index (κ3) is 3.88. The Kier molecular flexibility index (Phi) is 5.57. The van der Waals surface area contributed by atoms with Crippen LogP contribution in [0.4, 0.5) is 0 Å². The van der Waals surface area contributed by atoms with Crippen molar-refractivity contribution in [3.63, 3.8) is 0 Å². The molecule has 2 aromatic rings. The minimum atomic E-state index is -1.22. The number of hydrogen-bond acceptors (Lipinski definition) is 3. The Morgan fingerprint density at radius 2 is 1.81 bits per heavy atom. The minimum absolute atomic E-state index is 0.264. The van der Waals surface area contributed by atoms with Crippen LogP contribution in [0.2, 0.25) is 5.02 Å². The predicted octanol–water partition coefficient (Wildman–Crippen LogP) is 4.31. The molecule has 0 atom stereocenters. The van der Waals surface area contributed by atoms with Gasteiger partial charge in [-0.25, -0.2) is 4.79 Å². The molecule has 1 aliphatic rings. The molecule has 1 aromatic carbocycles. The van der Waals surface area contributed by atoms with E-state index in [1.807, 2.05) is 18.2 Å². The van der Waals surface area contributed by atoms with Gasteiger partial charge in [-0.3, -0.25) is 9.78 Å². The normalized spacial score (nSPS) is 16.5. The van der Waals surface area contributed by atoms with Crippen LogP contribution in [0.3, 0.4) is 0 Å². The van der Waals surface area contributed by atoms with Crippen LogP contribution < -0.4 is 5.32 Å². The molecule has 1 aliphatic carbocycles. The lowest BCUT2D eigenvalue weighted by Gasteiger charge is -2.29. The summed E-state index contributed by atoms with van der Waals surface area (Å²) < 4.78 is 0. The maximum atomic E-state index is 12.9. The SMILES string of the molecule is O=C(NC1(C(=O)O)CCCCCC1)c1cc(-c2ccccn2)ccc1Cl. The van der Waals surface area contributed by atoms with Crippen molar-refractivity contribution in [1.82, 2.24) is 10.3 Å². The summed E-state index contributed by atoms with van der Waals surface area (Å²) >= 11 is 6.22. The van der Waals surface area contributed by atoms with E-state index >= 15 is 0 Å². The summed E-state index contributed by atoms with van der Waals surface area (Å²) in [6.45, 7) is 0. The Hall–Kier alpha value is -2.40. The van der Waals surface area contributed by atoms with Crippen LogP contribution >= 0.6 is 11.6 Å². The lowest BCUT2D eigenvalue weighted by Crippen LogP contribution is -2.54.